The van der Waals surface area contributed by atoms with E-state index in [1.54, 1.807) is 0 Å². The van der Waals surface area contributed by atoms with Gasteiger partial charge in [0.15, 0.2) is 0 Å². The van der Waals surface area contributed by atoms with Crippen LogP contribution in [0.25, 0.3) is 0 Å². The van der Waals surface area contributed by atoms with Gasteiger partial charge in [-0.05, 0) is 44.9 Å². The Bertz CT molecular complexity index is 533. The number of benzene rings is 1. The molecule has 1 aromatic carbocycles. The molecule has 0 aliphatic carbocycles. The first kappa shape index (κ1) is 15.8. The summed E-state index contributed by atoms with van der Waals surface area (Å²) >= 11 is 0. The van der Waals surface area contributed by atoms with Crippen LogP contribution in [-0.4, -0.2) is 28.7 Å². The molecule has 1 unspecified atom stereocenters. The maximum Gasteiger partial charge on any atom is 0.118 e. The van der Waals surface area contributed by atoms with Crippen molar-refractivity contribution in [2.24, 2.45) is 0 Å². The molecular weight excluding hydrogens is 262 g/mol. The standard InChI is InChI=1S/C18H25NO2/c1-14(2)19(13-18-10-9-15(3)21-18)12-17(20)11-16-7-5-4-6-8-16/h4-10,14,17,20H,11-13H2,1-3H3. The van der Waals surface area contributed by atoms with E-state index in [1.807, 2.05) is 37.3 Å². The Morgan fingerprint density at radius 2 is 1.81 bits per heavy atom. The number of aryl methyl sites for hydroxylation is 1. The third-order valence-electron chi connectivity index (χ3n) is 3.64. The summed E-state index contributed by atoms with van der Waals surface area (Å²) in [5, 5.41) is 10.3. The van der Waals surface area contributed by atoms with Crippen molar-refractivity contribution in [3.63, 3.8) is 0 Å². The maximum atomic E-state index is 10.3. The fraction of sp³-hybridized carbons (Fsp3) is 0.444. The van der Waals surface area contributed by atoms with E-state index in [2.05, 4.69) is 30.9 Å². The first-order chi connectivity index (χ1) is 10.0. The zero-order valence-electron chi connectivity index (χ0n) is 13.1. The Labute approximate surface area is 127 Å². The topological polar surface area (TPSA) is 36.6 Å². The summed E-state index contributed by atoms with van der Waals surface area (Å²) < 4.78 is 5.64. The third kappa shape index (κ3) is 5.03. The van der Waals surface area contributed by atoms with Gasteiger partial charge in [-0.25, -0.2) is 0 Å². The average Bonchev–Trinajstić information content (AvgIpc) is 2.84. The molecule has 0 radical (unpaired) electrons. The molecule has 0 spiro atoms. The molecule has 0 amide bonds. The van der Waals surface area contributed by atoms with E-state index in [4.69, 9.17) is 4.42 Å². The number of furan rings is 1. The lowest BCUT2D eigenvalue weighted by Crippen LogP contribution is -2.37. The van der Waals surface area contributed by atoms with E-state index in [0.717, 1.165) is 18.1 Å². The molecule has 0 bridgehead atoms. The Hall–Kier alpha value is -1.58. The lowest BCUT2D eigenvalue weighted by Gasteiger charge is -2.28. The highest BCUT2D eigenvalue weighted by atomic mass is 16.3. The monoisotopic (exact) mass is 287 g/mol. The molecule has 2 rings (SSSR count). The van der Waals surface area contributed by atoms with Crippen LogP contribution < -0.4 is 0 Å². The van der Waals surface area contributed by atoms with Gasteiger partial charge in [-0.1, -0.05) is 30.3 Å². The average molecular weight is 287 g/mol. The first-order valence-electron chi connectivity index (χ1n) is 7.56. The number of nitrogens with zero attached hydrogens (tertiary/aromatic N) is 1. The van der Waals surface area contributed by atoms with Crippen molar-refractivity contribution in [1.82, 2.24) is 4.90 Å². The second-order valence-electron chi connectivity index (χ2n) is 5.88. The molecular formula is C18H25NO2. The molecule has 0 saturated heterocycles. The zero-order chi connectivity index (χ0) is 15.2. The highest BCUT2D eigenvalue weighted by Crippen LogP contribution is 2.13. The molecule has 1 atom stereocenters. The highest BCUT2D eigenvalue weighted by molar-refractivity contribution is 5.15. The molecule has 0 saturated carbocycles. The third-order valence-corrected chi connectivity index (χ3v) is 3.64. The summed E-state index contributed by atoms with van der Waals surface area (Å²) in [7, 11) is 0. The van der Waals surface area contributed by atoms with Crippen LogP contribution in [0.4, 0.5) is 0 Å². The lowest BCUT2D eigenvalue weighted by atomic mass is 10.1. The van der Waals surface area contributed by atoms with Crippen molar-refractivity contribution < 1.29 is 9.52 Å². The largest absolute Gasteiger partial charge is 0.465 e. The Morgan fingerprint density at radius 1 is 1.10 bits per heavy atom. The van der Waals surface area contributed by atoms with Crippen LogP contribution in [0.5, 0.6) is 0 Å². The molecule has 1 heterocycles. The van der Waals surface area contributed by atoms with E-state index in [0.29, 0.717) is 19.0 Å². The molecule has 1 aromatic heterocycles. The van der Waals surface area contributed by atoms with E-state index in [1.165, 1.54) is 5.56 Å². The van der Waals surface area contributed by atoms with E-state index in [9.17, 15) is 5.11 Å². The highest BCUT2D eigenvalue weighted by Gasteiger charge is 2.17. The van der Waals surface area contributed by atoms with Gasteiger partial charge in [0.1, 0.15) is 11.5 Å². The van der Waals surface area contributed by atoms with Gasteiger partial charge in [0.25, 0.3) is 0 Å². The minimum atomic E-state index is -0.370. The first-order valence-corrected chi connectivity index (χ1v) is 7.56. The summed E-state index contributed by atoms with van der Waals surface area (Å²) in [4.78, 5) is 2.24. The van der Waals surface area contributed by atoms with Crippen molar-refractivity contribution in [3.8, 4) is 0 Å². The van der Waals surface area contributed by atoms with Gasteiger partial charge in [0, 0.05) is 12.6 Å². The number of aliphatic hydroxyl groups excluding tert-OH is 1. The van der Waals surface area contributed by atoms with Gasteiger partial charge >= 0.3 is 0 Å². The molecule has 21 heavy (non-hydrogen) atoms. The molecule has 0 aliphatic rings. The number of hydrogen-bond acceptors (Lipinski definition) is 3. The summed E-state index contributed by atoms with van der Waals surface area (Å²) in [6.07, 6.45) is 0.312. The van der Waals surface area contributed by atoms with Crippen LogP contribution in [0.1, 0.15) is 30.9 Å². The van der Waals surface area contributed by atoms with Crippen molar-refractivity contribution in [1.29, 1.82) is 0 Å². The molecule has 0 fully saturated rings. The van der Waals surface area contributed by atoms with Gasteiger partial charge in [0.2, 0.25) is 0 Å². The predicted molar refractivity (Wildman–Crippen MR) is 85.1 cm³/mol. The Balaban J connectivity index is 1.93. The molecule has 3 heteroatoms. The maximum absolute atomic E-state index is 10.3. The summed E-state index contributed by atoms with van der Waals surface area (Å²) in [6.45, 7) is 7.62. The van der Waals surface area contributed by atoms with Gasteiger partial charge in [-0.15, -0.1) is 0 Å². The molecule has 1 N–H and O–H groups in total. The Morgan fingerprint density at radius 3 is 2.38 bits per heavy atom. The molecule has 2 aromatic rings. The van der Waals surface area contributed by atoms with Crippen molar-refractivity contribution in [3.05, 3.63) is 59.5 Å². The SMILES string of the molecule is Cc1ccc(CN(CC(O)Cc2ccccc2)C(C)C)o1. The van der Waals surface area contributed by atoms with Crippen LogP contribution in [0.3, 0.4) is 0 Å². The van der Waals surface area contributed by atoms with E-state index >= 15 is 0 Å². The van der Waals surface area contributed by atoms with Crippen LogP contribution >= 0.6 is 0 Å². The van der Waals surface area contributed by atoms with Gasteiger partial charge < -0.3 is 9.52 Å². The zero-order valence-corrected chi connectivity index (χ0v) is 13.1. The van der Waals surface area contributed by atoms with E-state index in [-0.39, 0.29) is 6.10 Å². The fourth-order valence-electron chi connectivity index (χ4n) is 2.45. The number of rotatable bonds is 7. The minimum absolute atomic E-state index is 0.362. The van der Waals surface area contributed by atoms with Gasteiger partial charge in [0.05, 0.1) is 12.6 Å². The van der Waals surface area contributed by atoms with Gasteiger partial charge in [-0.2, -0.15) is 0 Å². The van der Waals surface area contributed by atoms with Gasteiger partial charge in [-0.3, -0.25) is 4.90 Å². The van der Waals surface area contributed by atoms with Crippen molar-refractivity contribution in [2.45, 2.75) is 45.9 Å². The second kappa shape index (κ2) is 7.43. The van der Waals surface area contributed by atoms with Crippen LogP contribution in [0, 0.1) is 6.92 Å². The summed E-state index contributed by atoms with van der Waals surface area (Å²) in [6, 6.07) is 14.5. The molecule has 0 aliphatic heterocycles. The van der Waals surface area contributed by atoms with E-state index < -0.39 is 0 Å². The molecule has 114 valence electrons. The smallest absolute Gasteiger partial charge is 0.118 e. The predicted octanol–water partition coefficient (Wildman–Crippen LogP) is 3.40. The second-order valence-corrected chi connectivity index (χ2v) is 5.88. The summed E-state index contributed by atoms with van der Waals surface area (Å²) in [5.41, 5.74) is 1.17. The molecule has 3 nitrogen and oxygen atoms in total. The number of hydrogen-bond donors (Lipinski definition) is 1. The lowest BCUT2D eigenvalue weighted by molar-refractivity contribution is 0.0861. The normalized spacial score (nSPS) is 13.0. The van der Waals surface area contributed by atoms with Crippen molar-refractivity contribution >= 4 is 0 Å². The number of aliphatic hydroxyl groups is 1. The Kier molecular flexibility index (Phi) is 5.59. The van der Waals surface area contributed by atoms with Crippen LogP contribution in [0.2, 0.25) is 0 Å². The minimum Gasteiger partial charge on any atom is -0.465 e. The van der Waals surface area contributed by atoms with Crippen molar-refractivity contribution in [2.75, 3.05) is 6.54 Å². The fourth-order valence-corrected chi connectivity index (χ4v) is 2.45. The van der Waals surface area contributed by atoms with Crippen LogP contribution in [0.15, 0.2) is 46.9 Å². The summed E-state index contributed by atoms with van der Waals surface area (Å²) in [5.74, 6) is 1.88. The van der Waals surface area contributed by atoms with Crippen LogP contribution in [-0.2, 0) is 13.0 Å². The quantitative estimate of drug-likeness (QED) is 0.848.